The van der Waals surface area contributed by atoms with Gasteiger partial charge in [0, 0.05) is 51.0 Å². The molecule has 0 bridgehead atoms. The van der Waals surface area contributed by atoms with Crippen molar-refractivity contribution in [2.24, 2.45) is 0 Å². The maximum atomic E-state index is 12.8. The molecule has 2 aromatic rings. The fraction of sp³-hybridized carbons (Fsp3) is 0.435. The Labute approximate surface area is 167 Å². The second-order valence-electron chi connectivity index (χ2n) is 8.11. The van der Waals surface area contributed by atoms with Crippen molar-refractivity contribution >= 4 is 11.7 Å². The van der Waals surface area contributed by atoms with Gasteiger partial charge in [0.1, 0.15) is 0 Å². The van der Waals surface area contributed by atoms with Crippen LogP contribution in [0.15, 0.2) is 48.5 Å². The van der Waals surface area contributed by atoms with Crippen LogP contribution in [0.4, 0.5) is 10.5 Å². The first-order valence-electron chi connectivity index (χ1n) is 10.2. The van der Waals surface area contributed by atoms with Gasteiger partial charge in [0.25, 0.3) is 0 Å². The van der Waals surface area contributed by atoms with Crippen molar-refractivity contribution < 1.29 is 4.79 Å². The summed E-state index contributed by atoms with van der Waals surface area (Å²) in [4.78, 5) is 19.5. The summed E-state index contributed by atoms with van der Waals surface area (Å²) in [5, 5.41) is 3.09. The number of nitrogens with one attached hydrogen (secondary N) is 1. The van der Waals surface area contributed by atoms with E-state index < -0.39 is 0 Å². The van der Waals surface area contributed by atoms with Gasteiger partial charge in [0.15, 0.2) is 0 Å². The summed E-state index contributed by atoms with van der Waals surface area (Å²) in [6, 6.07) is 17.0. The van der Waals surface area contributed by atoms with Gasteiger partial charge in [-0.15, -0.1) is 0 Å². The number of urea groups is 1. The highest BCUT2D eigenvalue weighted by atomic mass is 16.2. The SMILES string of the molecule is C[C@H]1Cc2ccccc2N1C(=O)NCc1ccc(CN2CCN(C)CC2)cc1. The Morgan fingerprint density at radius 3 is 2.43 bits per heavy atom. The van der Waals surface area contributed by atoms with E-state index in [2.05, 4.69) is 59.4 Å². The Morgan fingerprint density at radius 1 is 1.00 bits per heavy atom. The monoisotopic (exact) mass is 378 g/mol. The maximum Gasteiger partial charge on any atom is 0.322 e. The number of hydrogen-bond donors (Lipinski definition) is 1. The molecule has 0 aromatic heterocycles. The maximum absolute atomic E-state index is 12.8. The van der Waals surface area contributed by atoms with Crippen molar-refractivity contribution in [2.45, 2.75) is 32.5 Å². The summed E-state index contributed by atoms with van der Waals surface area (Å²) < 4.78 is 0. The summed E-state index contributed by atoms with van der Waals surface area (Å²) in [5.41, 5.74) is 4.76. The van der Waals surface area contributed by atoms with Crippen LogP contribution in [0.25, 0.3) is 0 Å². The first-order chi connectivity index (χ1) is 13.6. The van der Waals surface area contributed by atoms with Gasteiger partial charge in [0.2, 0.25) is 0 Å². The van der Waals surface area contributed by atoms with Crippen molar-refractivity contribution in [3.63, 3.8) is 0 Å². The molecular formula is C23H30N4O. The van der Waals surface area contributed by atoms with Gasteiger partial charge in [-0.2, -0.15) is 0 Å². The van der Waals surface area contributed by atoms with E-state index in [4.69, 9.17) is 0 Å². The van der Waals surface area contributed by atoms with Gasteiger partial charge in [-0.1, -0.05) is 42.5 Å². The average Bonchev–Trinajstić information content (AvgIpc) is 3.05. The number of anilines is 1. The molecule has 2 heterocycles. The number of likely N-dealkylation sites (N-methyl/N-ethyl adjacent to an activating group) is 1. The number of para-hydroxylation sites is 1. The Balaban J connectivity index is 1.31. The molecule has 5 nitrogen and oxygen atoms in total. The predicted molar refractivity (Wildman–Crippen MR) is 114 cm³/mol. The normalized spacial score (nSPS) is 20.2. The molecule has 2 amide bonds. The van der Waals surface area contributed by atoms with Crippen molar-refractivity contribution in [2.75, 3.05) is 38.1 Å². The topological polar surface area (TPSA) is 38.8 Å². The van der Waals surface area contributed by atoms with E-state index in [1.807, 2.05) is 23.1 Å². The van der Waals surface area contributed by atoms with Crippen molar-refractivity contribution in [1.82, 2.24) is 15.1 Å². The highest BCUT2D eigenvalue weighted by molar-refractivity contribution is 5.94. The van der Waals surface area contributed by atoms with Gasteiger partial charge in [-0.25, -0.2) is 4.79 Å². The fourth-order valence-electron chi connectivity index (χ4n) is 4.16. The van der Waals surface area contributed by atoms with E-state index in [1.165, 1.54) is 11.1 Å². The summed E-state index contributed by atoms with van der Waals surface area (Å²) >= 11 is 0. The summed E-state index contributed by atoms with van der Waals surface area (Å²) in [5.74, 6) is 0. The average molecular weight is 379 g/mol. The number of piperazine rings is 1. The van der Waals surface area contributed by atoms with E-state index >= 15 is 0 Å². The molecule has 28 heavy (non-hydrogen) atoms. The van der Waals surface area contributed by atoms with E-state index in [-0.39, 0.29) is 12.1 Å². The lowest BCUT2D eigenvalue weighted by molar-refractivity contribution is 0.148. The molecule has 2 aromatic carbocycles. The molecule has 1 saturated heterocycles. The highest BCUT2D eigenvalue weighted by Crippen LogP contribution is 2.31. The van der Waals surface area contributed by atoms with Crippen molar-refractivity contribution in [3.8, 4) is 0 Å². The Kier molecular flexibility index (Phi) is 5.64. The van der Waals surface area contributed by atoms with E-state index in [9.17, 15) is 4.79 Å². The molecule has 148 valence electrons. The number of hydrogen-bond acceptors (Lipinski definition) is 3. The van der Waals surface area contributed by atoms with Crippen LogP contribution in [0.1, 0.15) is 23.6 Å². The molecule has 4 rings (SSSR count). The minimum atomic E-state index is -0.0148. The zero-order chi connectivity index (χ0) is 19.5. The van der Waals surface area contributed by atoms with Gasteiger partial charge in [0.05, 0.1) is 0 Å². The summed E-state index contributed by atoms with van der Waals surface area (Å²) in [6.45, 7) is 8.20. The molecule has 1 fully saturated rings. The third-order valence-electron chi connectivity index (χ3n) is 5.89. The van der Waals surface area contributed by atoms with Crippen LogP contribution in [-0.4, -0.2) is 55.1 Å². The summed E-state index contributed by atoms with van der Waals surface area (Å²) in [7, 11) is 2.18. The smallest absolute Gasteiger partial charge is 0.322 e. The Bertz CT molecular complexity index is 812. The van der Waals surface area contributed by atoms with E-state index in [1.54, 1.807) is 0 Å². The molecule has 1 N–H and O–H groups in total. The molecule has 1 atom stereocenters. The van der Waals surface area contributed by atoms with E-state index in [0.717, 1.165) is 50.4 Å². The van der Waals surface area contributed by atoms with Gasteiger partial charge in [-0.3, -0.25) is 9.80 Å². The van der Waals surface area contributed by atoms with Crippen LogP contribution in [0, 0.1) is 0 Å². The molecule has 0 spiro atoms. The minimum absolute atomic E-state index is 0.0148. The number of carbonyl (C=O) groups is 1. The van der Waals surface area contributed by atoms with E-state index in [0.29, 0.717) is 6.54 Å². The van der Waals surface area contributed by atoms with Crippen molar-refractivity contribution in [3.05, 3.63) is 65.2 Å². The second-order valence-corrected chi connectivity index (χ2v) is 8.11. The van der Waals surface area contributed by atoms with Crippen LogP contribution in [0.5, 0.6) is 0 Å². The molecule has 0 aliphatic carbocycles. The largest absolute Gasteiger partial charge is 0.334 e. The molecule has 5 heteroatoms. The van der Waals surface area contributed by atoms with Crippen molar-refractivity contribution in [1.29, 1.82) is 0 Å². The molecule has 0 unspecified atom stereocenters. The van der Waals surface area contributed by atoms with Crippen LogP contribution >= 0.6 is 0 Å². The number of amides is 2. The van der Waals surface area contributed by atoms with Crippen LogP contribution < -0.4 is 10.2 Å². The standard InChI is InChI=1S/C23H30N4O/c1-18-15-21-5-3-4-6-22(21)27(18)23(28)24-16-19-7-9-20(10-8-19)17-26-13-11-25(2)12-14-26/h3-10,18H,11-17H2,1-2H3,(H,24,28)/t18-/m0/s1. The Hall–Kier alpha value is -2.37. The lowest BCUT2D eigenvalue weighted by Gasteiger charge is -2.32. The lowest BCUT2D eigenvalue weighted by Crippen LogP contribution is -2.43. The molecular weight excluding hydrogens is 348 g/mol. The number of fused-ring (bicyclic) bond motifs is 1. The highest BCUT2D eigenvalue weighted by Gasteiger charge is 2.30. The quantitative estimate of drug-likeness (QED) is 0.889. The number of rotatable bonds is 4. The molecule has 0 saturated carbocycles. The minimum Gasteiger partial charge on any atom is -0.334 e. The molecule has 2 aliphatic rings. The predicted octanol–water partition coefficient (Wildman–Crippen LogP) is 3.09. The van der Waals surface area contributed by atoms with Crippen LogP contribution in [0.2, 0.25) is 0 Å². The second kappa shape index (κ2) is 8.33. The lowest BCUT2D eigenvalue weighted by atomic mass is 10.1. The van der Waals surface area contributed by atoms with Gasteiger partial charge >= 0.3 is 6.03 Å². The number of nitrogens with zero attached hydrogens (tertiary/aromatic N) is 3. The zero-order valence-electron chi connectivity index (χ0n) is 16.9. The molecule has 2 aliphatic heterocycles. The number of carbonyl (C=O) groups excluding carboxylic acids is 1. The first-order valence-corrected chi connectivity index (χ1v) is 10.2. The third-order valence-corrected chi connectivity index (χ3v) is 5.89. The van der Waals surface area contributed by atoms with Gasteiger partial charge < -0.3 is 10.2 Å². The molecule has 0 radical (unpaired) electrons. The van der Waals surface area contributed by atoms with Crippen LogP contribution in [-0.2, 0) is 19.5 Å². The zero-order valence-corrected chi connectivity index (χ0v) is 16.9. The first kappa shape index (κ1) is 19.0. The van der Waals surface area contributed by atoms with Gasteiger partial charge in [-0.05, 0) is 43.1 Å². The fourth-order valence-corrected chi connectivity index (χ4v) is 4.16. The van der Waals surface area contributed by atoms with Crippen LogP contribution in [0.3, 0.4) is 0 Å². The Morgan fingerprint density at radius 2 is 1.68 bits per heavy atom. The number of benzene rings is 2. The third kappa shape index (κ3) is 4.21. The summed E-state index contributed by atoms with van der Waals surface area (Å²) in [6.07, 6.45) is 0.921.